The van der Waals surface area contributed by atoms with E-state index in [1.807, 2.05) is 0 Å². The van der Waals surface area contributed by atoms with Crippen molar-refractivity contribution in [3.63, 3.8) is 0 Å². The Hall–Kier alpha value is -2.05. The van der Waals surface area contributed by atoms with Gasteiger partial charge in [0, 0.05) is 4.47 Å². The molecule has 25 heavy (non-hydrogen) atoms. The van der Waals surface area contributed by atoms with Crippen molar-refractivity contribution < 1.29 is 44.5 Å². The summed E-state index contributed by atoms with van der Waals surface area (Å²) in [6.45, 7) is 0. The summed E-state index contributed by atoms with van der Waals surface area (Å²) < 4.78 is 104. The molecule has 0 heterocycles. The number of carbonyl (C=O) groups is 1. The molecule has 134 valence electrons. The van der Waals surface area contributed by atoms with E-state index in [0.29, 0.717) is 0 Å². The van der Waals surface area contributed by atoms with Gasteiger partial charge >= 0.3 is 5.97 Å². The third kappa shape index (κ3) is 3.65. The van der Waals surface area contributed by atoms with E-state index in [-0.39, 0.29) is 4.47 Å². The Balaban J connectivity index is 2.56. The summed E-state index contributed by atoms with van der Waals surface area (Å²) >= 11 is 2.88. The van der Waals surface area contributed by atoms with Gasteiger partial charge in [-0.05, 0) is 18.2 Å². The van der Waals surface area contributed by atoms with E-state index in [2.05, 4.69) is 20.7 Å². The molecule has 0 saturated heterocycles. The first-order chi connectivity index (χ1) is 11.4. The molecule has 0 saturated carbocycles. The van der Waals surface area contributed by atoms with E-state index >= 15 is 0 Å². The summed E-state index contributed by atoms with van der Waals surface area (Å²) in [5.74, 6) is -14.9. The average molecular weight is 446 g/mol. The molecule has 0 atom stereocenters. The maximum atomic E-state index is 13.7. The number of rotatable bonds is 3. The van der Waals surface area contributed by atoms with Gasteiger partial charge in [-0.2, -0.15) is 8.78 Å². The third-order valence-electron chi connectivity index (χ3n) is 2.78. The van der Waals surface area contributed by atoms with E-state index in [0.717, 1.165) is 12.1 Å². The molecule has 0 aromatic heterocycles. The summed E-state index contributed by atoms with van der Waals surface area (Å²) in [4.78, 5) is 9.31. The Bertz CT molecular complexity index is 964. The van der Waals surface area contributed by atoms with Crippen LogP contribution in [0.4, 0.5) is 22.0 Å². The molecule has 2 aromatic rings. The lowest BCUT2D eigenvalue weighted by Crippen LogP contribution is -2.16. The minimum absolute atomic E-state index is 0.209. The quantitative estimate of drug-likeness (QED) is 0.238. The Morgan fingerprint density at radius 1 is 1.00 bits per heavy atom. The molecular weight excluding hydrogens is 443 g/mol. The van der Waals surface area contributed by atoms with Crippen LogP contribution < -0.4 is 4.74 Å². The number of carbonyl (C=O) groups excluding carboxylic acids is 1. The molecule has 0 unspecified atom stereocenters. The van der Waals surface area contributed by atoms with Crippen LogP contribution in [-0.2, 0) is 10.1 Å². The molecule has 0 N–H and O–H groups in total. The fourth-order valence-corrected chi connectivity index (χ4v) is 2.65. The summed E-state index contributed by atoms with van der Waals surface area (Å²) in [6.07, 6.45) is 0. The second kappa shape index (κ2) is 6.69. The highest BCUT2D eigenvalue weighted by Crippen LogP contribution is 2.33. The molecule has 0 bridgehead atoms. The molecule has 2 rings (SSSR count). The smallest absolute Gasteiger partial charge is 0.346 e. The maximum Gasteiger partial charge on any atom is 0.346 e. The molecule has 0 aliphatic carbocycles. The van der Waals surface area contributed by atoms with Gasteiger partial charge in [0.2, 0.25) is 17.4 Å². The molecule has 2 aromatic carbocycles. The van der Waals surface area contributed by atoms with Crippen LogP contribution in [0, 0.1) is 29.1 Å². The minimum atomic E-state index is -5.90. The topological polar surface area (TPSA) is 83.5 Å². The van der Waals surface area contributed by atoms with Crippen LogP contribution in [0.15, 0.2) is 27.6 Å². The van der Waals surface area contributed by atoms with E-state index in [9.17, 15) is 39.7 Å². The molecule has 0 aliphatic heterocycles. The molecular formula is C13H3BrF5O5S-. The highest BCUT2D eigenvalue weighted by Gasteiger charge is 2.31. The van der Waals surface area contributed by atoms with Gasteiger partial charge in [-0.15, -0.1) is 0 Å². The predicted molar refractivity (Wildman–Crippen MR) is 73.3 cm³/mol. The highest BCUT2D eigenvalue weighted by molar-refractivity contribution is 9.10. The molecule has 0 aliphatic rings. The molecule has 0 radical (unpaired) electrons. The van der Waals surface area contributed by atoms with Gasteiger partial charge in [0.1, 0.15) is 20.8 Å². The van der Waals surface area contributed by atoms with Gasteiger partial charge in [-0.3, -0.25) is 0 Å². The fraction of sp³-hybridized carbons (Fsp3) is 0. The molecule has 5 nitrogen and oxygen atoms in total. The second-order valence-corrected chi connectivity index (χ2v) is 6.61. The van der Waals surface area contributed by atoms with Crippen molar-refractivity contribution in [1.29, 1.82) is 0 Å². The first kappa shape index (κ1) is 19.3. The number of hydrogen-bond acceptors (Lipinski definition) is 5. The lowest BCUT2D eigenvalue weighted by atomic mass is 10.2. The van der Waals surface area contributed by atoms with Crippen molar-refractivity contribution in [2.75, 3.05) is 0 Å². The number of esters is 1. The zero-order valence-corrected chi connectivity index (χ0v) is 13.9. The Morgan fingerprint density at radius 3 is 1.96 bits per heavy atom. The summed E-state index contributed by atoms with van der Waals surface area (Å²) in [6, 6.07) is 2.82. The van der Waals surface area contributed by atoms with Crippen LogP contribution in [0.3, 0.4) is 0 Å². The summed E-state index contributed by atoms with van der Waals surface area (Å²) in [5.41, 5.74) is -0.830. The number of benzene rings is 2. The van der Waals surface area contributed by atoms with Gasteiger partial charge in [0.05, 0.1) is 5.56 Å². The lowest BCUT2D eigenvalue weighted by molar-refractivity contribution is 0.0711. The van der Waals surface area contributed by atoms with E-state index in [4.69, 9.17) is 0 Å². The van der Waals surface area contributed by atoms with Crippen LogP contribution in [0.25, 0.3) is 0 Å². The number of hydrogen-bond donors (Lipinski definition) is 0. The van der Waals surface area contributed by atoms with E-state index < -0.39 is 61.4 Å². The standard InChI is InChI=1S/C13H4BrF5O5S/c14-4-1-2-5(6(15)3-4)13(20)24-11-7(16)9(18)12(25(21,22)23)10(19)8(11)17/h1-3H,(H,21,22,23)/p-1. The van der Waals surface area contributed by atoms with Crippen molar-refractivity contribution in [1.82, 2.24) is 0 Å². The minimum Gasteiger partial charge on any atom is -0.744 e. The zero-order chi connectivity index (χ0) is 19.1. The van der Waals surface area contributed by atoms with Crippen LogP contribution in [-0.4, -0.2) is 18.9 Å². The summed E-state index contributed by atoms with van der Waals surface area (Å²) in [5, 5.41) is 0. The molecule has 0 spiro atoms. The van der Waals surface area contributed by atoms with Gasteiger partial charge in [-0.1, -0.05) is 15.9 Å². The molecule has 0 fully saturated rings. The largest absolute Gasteiger partial charge is 0.744 e. The SMILES string of the molecule is O=C(Oc1c(F)c(F)c(S(=O)(=O)[O-])c(F)c1F)c1ccc(Br)cc1F. The van der Waals surface area contributed by atoms with Gasteiger partial charge in [0.25, 0.3) is 0 Å². The monoisotopic (exact) mass is 445 g/mol. The van der Waals surface area contributed by atoms with Gasteiger partial charge < -0.3 is 9.29 Å². The van der Waals surface area contributed by atoms with Crippen molar-refractivity contribution in [3.8, 4) is 5.75 Å². The van der Waals surface area contributed by atoms with E-state index in [1.165, 1.54) is 6.07 Å². The van der Waals surface area contributed by atoms with Crippen molar-refractivity contribution in [2.24, 2.45) is 0 Å². The maximum absolute atomic E-state index is 13.7. The Morgan fingerprint density at radius 2 is 1.52 bits per heavy atom. The number of ether oxygens (including phenoxy) is 1. The average Bonchev–Trinajstić information content (AvgIpc) is 2.48. The van der Waals surface area contributed by atoms with Crippen LogP contribution in [0.5, 0.6) is 5.75 Å². The third-order valence-corrected chi connectivity index (χ3v) is 4.13. The van der Waals surface area contributed by atoms with Crippen LogP contribution in [0.2, 0.25) is 0 Å². The van der Waals surface area contributed by atoms with Crippen molar-refractivity contribution in [2.45, 2.75) is 4.90 Å². The Kier molecular flexibility index (Phi) is 5.16. The van der Waals surface area contributed by atoms with Gasteiger partial charge in [0.15, 0.2) is 11.6 Å². The lowest BCUT2D eigenvalue weighted by Gasteiger charge is -2.14. The molecule has 12 heteroatoms. The number of halogens is 6. The molecule has 0 amide bonds. The zero-order valence-electron chi connectivity index (χ0n) is 11.4. The predicted octanol–water partition coefficient (Wildman–Crippen LogP) is 3.27. The Labute approximate surface area is 144 Å². The van der Waals surface area contributed by atoms with Gasteiger partial charge in [-0.25, -0.2) is 26.4 Å². The van der Waals surface area contributed by atoms with E-state index in [1.54, 1.807) is 0 Å². The first-order valence-electron chi connectivity index (χ1n) is 5.94. The van der Waals surface area contributed by atoms with Crippen LogP contribution in [0.1, 0.15) is 10.4 Å². The van der Waals surface area contributed by atoms with Crippen molar-refractivity contribution >= 4 is 32.0 Å². The van der Waals surface area contributed by atoms with Crippen molar-refractivity contribution in [3.05, 3.63) is 57.3 Å². The summed E-state index contributed by atoms with van der Waals surface area (Å²) in [7, 11) is -5.90. The normalized spacial score (nSPS) is 11.5. The van der Waals surface area contributed by atoms with Crippen LogP contribution >= 0.6 is 15.9 Å². The second-order valence-electron chi connectivity index (χ2n) is 4.38. The first-order valence-corrected chi connectivity index (χ1v) is 8.14. The highest BCUT2D eigenvalue weighted by atomic mass is 79.9. The fourth-order valence-electron chi connectivity index (χ4n) is 1.70.